The summed E-state index contributed by atoms with van der Waals surface area (Å²) in [6.45, 7) is 2.87. The molecule has 2 fully saturated rings. The minimum Gasteiger partial charge on any atom is -0.381 e. The van der Waals surface area contributed by atoms with Crippen molar-refractivity contribution in [2.24, 2.45) is 5.92 Å². The maximum atomic E-state index is 13.2. The first-order valence-electron chi connectivity index (χ1n) is 10.2. The van der Waals surface area contributed by atoms with Crippen LogP contribution in [-0.4, -0.2) is 63.1 Å². The van der Waals surface area contributed by atoms with Crippen molar-refractivity contribution < 1.29 is 14.3 Å². The summed E-state index contributed by atoms with van der Waals surface area (Å²) in [6, 6.07) is 9.48. The van der Waals surface area contributed by atoms with Crippen LogP contribution in [0.5, 0.6) is 0 Å². The van der Waals surface area contributed by atoms with Crippen molar-refractivity contribution in [3.8, 4) is 5.69 Å². The van der Waals surface area contributed by atoms with Crippen molar-refractivity contribution in [3.05, 3.63) is 41.7 Å². The van der Waals surface area contributed by atoms with Crippen molar-refractivity contribution in [1.29, 1.82) is 0 Å². The van der Waals surface area contributed by atoms with E-state index < -0.39 is 0 Å². The quantitative estimate of drug-likeness (QED) is 0.791. The van der Waals surface area contributed by atoms with E-state index in [4.69, 9.17) is 4.74 Å². The van der Waals surface area contributed by atoms with Gasteiger partial charge in [-0.25, -0.2) is 5.01 Å². The van der Waals surface area contributed by atoms with Crippen LogP contribution in [-0.2, 0) is 9.53 Å². The number of nitrogens with zero attached hydrogens (tertiary/aromatic N) is 5. The average molecular weight is 397 g/mol. The number of para-hydroxylation sites is 1. The Morgan fingerprint density at radius 2 is 1.69 bits per heavy atom. The normalized spacial score (nSPS) is 22.1. The van der Waals surface area contributed by atoms with Gasteiger partial charge in [-0.1, -0.05) is 18.2 Å². The molecule has 1 aliphatic carbocycles. The third-order valence-electron chi connectivity index (χ3n) is 5.85. The molecule has 2 heterocycles. The number of rotatable bonds is 4. The van der Waals surface area contributed by atoms with Gasteiger partial charge in [0.2, 0.25) is 5.91 Å². The lowest BCUT2D eigenvalue weighted by atomic mass is 9.86. The van der Waals surface area contributed by atoms with Gasteiger partial charge >= 0.3 is 0 Å². The van der Waals surface area contributed by atoms with Crippen LogP contribution in [0.25, 0.3) is 5.69 Å². The van der Waals surface area contributed by atoms with E-state index in [1.54, 1.807) is 24.1 Å². The van der Waals surface area contributed by atoms with Crippen molar-refractivity contribution in [2.45, 2.75) is 45.1 Å². The van der Waals surface area contributed by atoms with E-state index in [0.717, 1.165) is 37.8 Å². The van der Waals surface area contributed by atoms with Gasteiger partial charge in [0.1, 0.15) is 0 Å². The number of aryl methyl sites for hydroxylation is 1. The van der Waals surface area contributed by atoms with E-state index in [1.807, 2.05) is 30.3 Å². The number of hydrazine groups is 1. The number of methoxy groups -OCH3 is 1. The number of hydrogen-bond donors (Lipinski definition) is 0. The molecule has 2 aliphatic rings. The summed E-state index contributed by atoms with van der Waals surface area (Å²) in [6.07, 6.45) is 4.40. The molecule has 4 rings (SSSR count). The van der Waals surface area contributed by atoms with Crippen molar-refractivity contribution >= 4 is 11.8 Å². The molecular weight excluding hydrogens is 370 g/mol. The Kier molecular flexibility index (Phi) is 5.62. The van der Waals surface area contributed by atoms with E-state index in [9.17, 15) is 9.59 Å². The summed E-state index contributed by atoms with van der Waals surface area (Å²) in [5.74, 6) is -0.268. The zero-order valence-electron chi connectivity index (χ0n) is 17.0. The molecule has 8 nitrogen and oxygen atoms in total. The van der Waals surface area contributed by atoms with Gasteiger partial charge in [0.15, 0.2) is 5.69 Å². The van der Waals surface area contributed by atoms with Crippen molar-refractivity contribution in [2.75, 3.05) is 20.2 Å². The first-order valence-corrected chi connectivity index (χ1v) is 10.2. The Morgan fingerprint density at radius 1 is 1.00 bits per heavy atom. The van der Waals surface area contributed by atoms with E-state index in [-0.39, 0.29) is 29.5 Å². The van der Waals surface area contributed by atoms with Gasteiger partial charge in [0.25, 0.3) is 5.91 Å². The molecule has 29 heavy (non-hydrogen) atoms. The molecule has 1 saturated carbocycles. The van der Waals surface area contributed by atoms with E-state index in [0.29, 0.717) is 18.8 Å². The molecule has 1 aromatic heterocycles. The maximum absolute atomic E-state index is 13.2. The Labute approximate surface area is 170 Å². The van der Waals surface area contributed by atoms with Crippen molar-refractivity contribution in [1.82, 2.24) is 25.0 Å². The van der Waals surface area contributed by atoms with Crippen LogP contribution in [0.2, 0.25) is 0 Å². The molecule has 2 aromatic rings. The molecule has 0 N–H and O–H groups in total. The predicted octanol–water partition coefficient (Wildman–Crippen LogP) is 2.37. The largest absolute Gasteiger partial charge is 0.381 e. The van der Waals surface area contributed by atoms with Gasteiger partial charge < -0.3 is 4.74 Å². The highest BCUT2D eigenvalue weighted by molar-refractivity contribution is 5.95. The van der Waals surface area contributed by atoms with Gasteiger partial charge in [-0.2, -0.15) is 9.90 Å². The summed E-state index contributed by atoms with van der Waals surface area (Å²) in [5.41, 5.74) is 1.63. The van der Waals surface area contributed by atoms with Gasteiger partial charge in [-0.3, -0.25) is 14.6 Å². The van der Waals surface area contributed by atoms with Crippen LogP contribution in [0.1, 0.15) is 48.3 Å². The highest BCUT2D eigenvalue weighted by Gasteiger charge is 2.37. The minimum absolute atomic E-state index is 0.0403. The van der Waals surface area contributed by atoms with Crippen LogP contribution in [0.15, 0.2) is 30.3 Å². The number of benzene rings is 1. The number of ether oxygens (including phenoxy) is 1. The number of aromatic nitrogens is 3. The standard InChI is InChI=1S/C21H27N5O3/c1-15-19(23-26(22-15)17-7-4-3-5-8-17)21(28)25-14-6-13-24(25)20(27)16-9-11-18(29-2)12-10-16/h3-5,7-8,16,18H,6,9-14H2,1-2H3. The second-order valence-electron chi connectivity index (χ2n) is 7.71. The zero-order valence-corrected chi connectivity index (χ0v) is 17.0. The molecule has 1 aliphatic heterocycles. The number of carbonyl (C=O) groups is 2. The molecule has 0 unspecified atom stereocenters. The fraction of sp³-hybridized carbons (Fsp3) is 0.524. The van der Waals surface area contributed by atoms with Gasteiger partial charge in [-0.05, 0) is 51.2 Å². The number of hydrogen-bond acceptors (Lipinski definition) is 5. The third kappa shape index (κ3) is 3.89. The Bertz CT molecular complexity index is 874. The summed E-state index contributed by atoms with van der Waals surface area (Å²) >= 11 is 0. The topological polar surface area (TPSA) is 80.6 Å². The van der Waals surface area contributed by atoms with Gasteiger partial charge in [0.05, 0.1) is 17.5 Å². The fourth-order valence-corrected chi connectivity index (χ4v) is 4.18. The van der Waals surface area contributed by atoms with Crippen LogP contribution in [0.3, 0.4) is 0 Å². The van der Waals surface area contributed by atoms with Gasteiger partial charge in [-0.15, -0.1) is 5.10 Å². The average Bonchev–Trinajstić information content (AvgIpc) is 3.40. The SMILES string of the molecule is COC1CCC(C(=O)N2CCCN2C(=O)c2nn(-c3ccccc3)nc2C)CC1. The zero-order chi connectivity index (χ0) is 20.4. The summed E-state index contributed by atoms with van der Waals surface area (Å²) in [5, 5.41) is 12.0. The molecule has 0 atom stereocenters. The van der Waals surface area contributed by atoms with Crippen LogP contribution >= 0.6 is 0 Å². The second-order valence-corrected chi connectivity index (χ2v) is 7.71. The Hall–Kier alpha value is -2.74. The van der Waals surface area contributed by atoms with Crippen LogP contribution < -0.4 is 0 Å². The lowest BCUT2D eigenvalue weighted by Crippen LogP contribution is -2.48. The van der Waals surface area contributed by atoms with Crippen LogP contribution in [0, 0.1) is 12.8 Å². The lowest BCUT2D eigenvalue weighted by Gasteiger charge is -2.33. The van der Waals surface area contributed by atoms with Crippen LogP contribution in [0.4, 0.5) is 0 Å². The maximum Gasteiger partial charge on any atom is 0.294 e. The molecule has 1 aromatic carbocycles. The monoisotopic (exact) mass is 397 g/mol. The molecule has 2 amide bonds. The summed E-state index contributed by atoms with van der Waals surface area (Å²) in [7, 11) is 1.72. The molecule has 154 valence electrons. The summed E-state index contributed by atoms with van der Waals surface area (Å²) < 4.78 is 5.41. The Balaban J connectivity index is 1.50. The summed E-state index contributed by atoms with van der Waals surface area (Å²) in [4.78, 5) is 27.8. The minimum atomic E-state index is -0.263. The van der Waals surface area contributed by atoms with E-state index in [1.165, 1.54) is 4.80 Å². The highest BCUT2D eigenvalue weighted by atomic mass is 16.5. The molecule has 0 bridgehead atoms. The number of carbonyl (C=O) groups excluding carboxylic acids is 2. The molecule has 8 heteroatoms. The first kappa shape index (κ1) is 19.6. The smallest absolute Gasteiger partial charge is 0.294 e. The van der Waals surface area contributed by atoms with E-state index in [2.05, 4.69) is 10.2 Å². The Morgan fingerprint density at radius 3 is 2.38 bits per heavy atom. The first-order chi connectivity index (χ1) is 14.1. The molecular formula is C21H27N5O3. The van der Waals surface area contributed by atoms with Gasteiger partial charge in [0, 0.05) is 26.1 Å². The lowest BCUT2D eigenvalue weighted by molar-refractivity contribution is -0.147. The number of amides is 2. The third-order valence-corrected chi connectivity index (χ3v) is 5.85. The molecule has 1 saturated heterocycles. The van der Waals surface area contributed by atoms with Crippen molar-refractivity contribution in [3.63, 3.8) is 0 Å². The second kappa shape index (κ2) is 8.32. The molecule has 0 radical (unpaired) electrons. The van der Waals surface area contributed by atoms with E-state index >= 15 is 0 Å². The fourth-order valence-electron chi connectivity index (χ4n) is 4.18. The highest BCUT2D eigenvalue weighted by Crippen LogP contribution is 2.29. The molecule has 0 spiro atoms. The predicted molar refractivity (Wildman–Crippen MR) is 106 cm³/mol.